The highest BCUT2D eigenvalue weighted by Gasteiger charge is 2.56. The van der Waals surface area contributed by atoms with Gasteiger partial charge in [-0.3, -0.25) is 0 Å². The molecule has 0 spiro atoms. The molecular weight excluding hydrogens is 368 g/mol. The summed E-state index contributed by atoms with van der Waals surface area (Å²) in [6.07, 6.45) is 5.46. The largest absolute Gasteiger partial charge is 0.467 e. The van der Waals surface area contributed by atoms with Gasteiger partial charge < -0.3 is 24.1 Å². The summed E-state index contributed by atoms with van der Waals surface area (Å²) in [4.78, 5) is 0. The van der Waals surface area contributed by atoms with Crippen LogP contribution in [-0.4, -0.2) is 25.8 Å². The number of aliphatic hydroxyl groups is 1. The Hall–Kier alpha value is -1.46. The van der Waals surface area contributed by atoms with Gasteiger partial charge in [0.1, 0.15) is 5.75 Å². The van der Waals surface area contributed by atoms with Crippen LogP contribution in [-0.2, 0) is 4.74 Å². The van der Waals surface area contributed by atoms with Crippen LogP contribution in [0.3, 0.4) is 0 Å². The van der Waals surface area contributed by atoms with Gasteiger partial charge in [0.25, 0.3) is 0 Å². The van der Waals surface area contributed by atoms with Crippen molar-refractivity contribution in [1.82, 2.24) is 0 Å². The van der Waals surface area contributed by atoms with Crippen molar-refractivity contribution in [3.8, 4) is 17.2 Å². The fraction of sp³-hybridized carbons (Fsp3) is 0.750. The minimum absolute atomic E-state index is 0.105. The highest BCUT2D eigenvalue weighted by atomic mass is 16.7. The zero-order chi connectivity index (χ0) is 20.8. The number of ether oxygens (including phenoxy) is 4. The summed E-state index contributed by atoms with van der Waals surface area (Å²) in [6.45, 7) is 9.90. The lowest BCUT2D eigenvalue weighted by Gasteiger charge is -2.60. The summed E-state index contributed by atoms with van der Waals surface area (Å²) >= 11 is 0. The molecule has 0 saturated heterocycles. The smallest absolute Gasteiger partial charge is 0.231 e. The molecule has 162 valence electrons. The first-order valence-electron chi connectivity index (χ1n) is 11.0. The molecule has 0 amide bonds. The first-order chi connectivity index (χ1) is 13.8. The highest BCUT2D eigenvalue weighted by Crippen LogP contribution is 2.64. The Morgan fingerprint density at radius 1 is 1.14 bits per heavy atom. The Morgan fingerprint density at radius 3 is 2.59 bits per heavy atom. The summed E-state index contributed by atoms with van der Waals surface area (Å²) in [5.74, 6) is 3.20. The lowest BCUT2D eigenvalue weighted by molar-refractivity contribution is -0.134. The van der Waals surface area contributed by atoms with Crippen LogP contribution in [0, 0.1) is 28.6 Å². The van der Waals surface area contributed by atoms with Crippen LogP contribution in [0.1, 0.15) is 71.5 Å². The van der Waals surface area contributed by atoms with Gasteiger partial charge in [-0.1, -0.05) is 40.5 Å². The molecular formula is C24H36O5. The van der Waals surface area contributed by atoms with E-state index in [0.717, 1.165) is 12.0 Å². The fourth-order valence-corrected chi connectivity index (χ4v) is 6.83. The summed E-state index contributed by atoms with van der Waals surface area (Å²) in [7, 11) is 1.60. The molecule has 1 heterocycles. The van der Waals surface area contributed by atoms with Crippen molar-refractivity contribution >= 4 is 0 Å². The van der Waals surface area contributed by atoms with E-state index in [1.165, 1.54) is 25.7 Å². The molecule has 2 aliphatic carbocycles. The molecule has 1 unspecified atom stereocenters. The highest BCUT2D eigenvalue weighted by molar-refractivity contribution is 5.52. The van der Waals surface area contributed by atoms with Crippen LogP contribution in [0.2, 0.25) is 0 Å². The molecule has 0 bridgehead atoms. The van der Waals surface area contributed by atoms with E-state index in [1.54, 1.807) is 7.11 Å². The normalized spacial score (nSPS) is 33.8. The summed E-state index contributed by atoms with van der Waals surface area (Å²) in [5, 5.41) is 11.8. The Bertz CT molecular complexity index is 745. The lowest BCUT2D eigenvalue weighted by Crippen LogP contribution is -2.52. The number of methoxy groups -OCH3 is 1. The molecule has 0 aromatic heterocycles. The standard InChI is InChI=1S/C24H36O5/c1-15-7-8-20-23(2,3)9-6-10-24(20,4)21(15)22(25)16-11-18-19(29-14-28-18)12-17(16)27-13-26-5/h11-12,15,20-22,25H,6-10,13-14H2,1-5H3/t15-,20+,21-,22?,24+/m1/s1. The molecule has 29 heavy (non-hydrogen) atoms. The van der Waals surface area contributed by atoms with Crippen molar-refractivity contribution in [2.24, 2.45) is 28.6 Å². The van der Waals surface area contributed by atoms with E-state index in [9.17, 15) is 5.11 Å². The van der Waals surface area contributed by atoms with Crippen LogP contribution in [0.4, 0.5) is 0 Å². The molecule has 1 aromatic rings. The van der Waals surface area contributed by atoms with Gasteiger partial charge in [-0.25, -0.2) is 0 Å². The number of hydrogen-bond acceptors (Lipinski definition) is 5. The number of hydrogen-bond donors (Lipinski definition) is 1. The third kappa shape index (κ3) is 3.50. The second-order valence-corrected chi connectivity index (χ2v) is 10.2. The van der Waals surface area contributed by atoms with E-state index in [4.69, 9.17) is 18.9 Å². The van der Waals surface area contributed by atoms with E-state index < -0.39 is 6.10 Å². The molecule has 2 fully saturated rings. The van der Waals surface area contributed by atoms with Gasteiger partial charge in [0.15, 0.2) is 18.3 Å². The monoisotopic (exact) mass is 404 g/mol. The Balaban J connectivity index is 1.73. The van der Waals surface area contributed by atoms with Gasteiger partial charge in [0, 0.05) is 18.7 Å². The lowest BCUT2D eigenvalue weighted by atomic mass is 9.45. The average Bonchev–Trinajstić information content (AvgIpc) is 3.11. The third-order valence-corrected chi connectivity index (χ3v) is 8.06. The molecule has 4 rings (SSSR count). The van der Waals surface area contributed by atoms with Crippen LogP contribution < -0.4 is 14.2 Å². The van der Waals surface area contributed by atoms with Gasteiger partial charge >= 0.3 is 0 Å². The molecule has 5 heteroatoms. The summed E-state index contributed by atoms with van der Waals surface area (Å²) in [5.41, 5.74) is 1.21. The predicted molar refractivity (Wildman–Crippen MR) is 111 cm³/mol. The second-order valence-electron chi connectivity index (χ2n) is 10.2. The number of fused-ring (bicyclic) bond motifs is 2. The van der Waals surface area contributed by atoms with E-state index in [0.29, 0.717) is 34.5 Å². The van der Waals surface area contributed by atoms with E-state index >= 15 is 0 Å². The van der Waals surface area contributed by atoms with Crippen LogP contribution >= 0.6 is 0 Å². The van der Waals surface area contributed by atoms with Crippen molar-refractivity contribution in [3.63, 3.8) is 0 Å². The molecule has 2 saturated carbocycles. The maximum atomic E-state index is 11.8. The number of aliphatic hydroxyl groups excluding tert-OH is 1. The van der Waals surface area contributed by atoms with Gasteiger partial charge in [-0.15, -0.1) is 0 Å². The van der Waals surface area contributed by atoms with E-state index in [-0.39, 0.29) is 24.9 Å². The first kappa shape index (κ1) is 20.8. The topological polar surface area (TPSA) is 57.2 Å². The number of rotatable bonds is 5. The van der Waals surface area contributed by atoms with Crippen LogP contribution in [0.15, 0.2) is 12.1 Å². The third-order valence-electron chi connectivity index (χ3n) is 8.06. The van der Waals surface area contributed by atoms with E-state index in [1.807, 2.05) is 12.1 Å². The van der Waals surface area contributed by atoms with Crippen molar-refractivity contribution in [2.45, 2.75) is 65.9 Å². The molecule has 1 N–H and O–H groups in total. The van der Waals surface area contributed by atoms with Crippen LogP contribution in [0.25, 0.3) is 0 Å². The minimum atomic E-state index is -0.618. The van der Waals surface area contributed by atoms with Crippen LogP contribution in [0.5, 0.6) is 17.2 Å². The second kappa shape index (κ2) is 7.66. The van der Waals surface area contributed by atoms with Crippen molar-refractivity contribution < 1.29 is 24.1 Å². The number of benzene rings is 1. The zero-order valence-corrected chi connectivity index (χ0v) is 18.5. The molecule has 5 nitrogen and oxygen atoms in total. The fourth-order valence-electron chi connectivity index (χ4n) is 6.83. The van der Waals surface area contributed by atoms with Crippen molar-refractivity contribution in [1.29, 1.82) is 0 Å². The SMILES string of the molecule is COCOc1cc2c(cc1C(O)[C@H]1[C@H](C)CC[C@H]3C(C)(C)CCC[C@]13C)OCO2. The summed E-state index contributed by atoms with van der Waals surface area (Å²) < 4.78 is 22.1. The zero-order valence-electron chi connectivity index (χ0n) is 18.5. The maximum Gasteiger partial charge on any atom is 0.231 e. The van der Waals surface area contributed by atoms with Gasteiger partial charge in [0.05, 0.1) is 6.10 Å². The van der Waals surface area contributed by atoms with Crippen molar-refractivity contribution in [2.75, 3.05) is 20.7 Å². The predicted octanol–water partition coefficient (Wildman–Crippen LogP) is 5.31. The molecule has 5 atom stereocenters. The minimum Gasteiger partial charge on any atom is -0.467 e. The Labute approximate surface area is 174 Å². The van der Waals surface area contributed by atoms with E-state index in [2.05, 4.69) is 27.7 Å². The molecule has 1 aliphatic heterocycles. The molecule has 0 radical (unpaired) electrons. The van der Waals surface area contributed by atoms with Gasteiger partial charge in [0.2, 0.25) is 6.79 Å². The first-order valence-corrected chi connectivity index (χ1v) is 11.0. The average molecular weight is 405 g/mol. The molecule has 3 aliphatic rings. The molecule has 1 aromatic carbocycles. The van der Waals surface area contributed by atoms with Gasteiger partial charge in [-0.05, 0) is 53.9 Å². The van der Waals surface area contributed by atoms with Gasteiger partial charge in [-0.2, -0.15) is 0 Å². The summed E-state index contributed by atoms with van der Waals surface area (Å²) in [6, 6.07) is 3.74. The maximum absolute atomic E-state index is 11.8. The Kier molecular flexibility index (Phi) is 5.49. The van der Waals surface area contributed by atoms with Crippen molar-refractivity contribution in [3.05, 3.63) is 17.7 Å². The Morgan fingerprint density at radius 2 is 1.86 bits per heavy atom. The quantitative estimate of drug-likeness (QED) is 0.674.